The van der Waals surface area contributed by atoms with Crippen LogP contribution in [0.4, 0.5) is 9.52 Å². The highest BCUT2D eigenvalue weighted by Crippen LogP contribution is 2.31. The average Bonchev–Trinajstić information content (AvgIpc) is 2.89. The van der Waals surface area contributed by atoms with Crippen LogP contribution in [-0.2, 0) is 12.8 Å². The predicted molar refractivity (Wildman–Crippen MR) is 70.2 cm³/mol. The number of phenols is 1. The van der Waals surface area contributed by atoms with Crippen LogP contribution in [0.1, 0.15) is 27.3 Å². The van der Waals surface area contributed by atoms with Crippen molar-refractivity contribution in [2.75, 3.05) is 5.32 Å². The highest BCUT2D eigenvalue weighted by atomic mass is 32.1. The van der Waals surface area contributed by atoms with E-state index in [0.717, 1.165) is 31.0 Å². The summed E-state index contributed by atoms with van der Waals surface area (Å²) in [6.07, 6.45) is 3.00. The highest BCUT2D eigenvalue weighted by Gasteiger charge is 2.21. The summed E-state index contributed by atoms with van der Waals surface area (Å²) in [7, 11) is 0. The lowest BCUT2D eigenvalue weighted by molar-refractivity contribution is 0.102. The summed E-state index contributed by atoms with van der Waals surface area (Å²) in [5, 5.41) is 12.5. The van der Waals surface area contributed by atoms with Gasteiger partial charge in [-0.1, -0.05) is 6.07 Å². The van der Waals surface area contributed by atoms with Crippen molar-refractivity contribution in [3.8, 4) is 5.75 Å². The number of nitrogens with one attached hydrogen (secondary N) is 1. The molecule has 2 N–H and O–H groups in total. The molecule has 4 nitrogen and oxygen atoms in total. The molecule has 0 saturated heterocycles. The number of hydrogen-bond acceptors (Lipinski definition) is 4. The molecular formula is C13H11FN2O2S. The lowest BCUT2D eigenvalue weighted by Crippen LogP contribution is -2.14. The predicted octanol–water partition coefficient (Wildman–Crippen LogP) is 2.73. The molecule has 2 aromatic rings. The number of rotatable bonds is 2. The van der Waals surface area contributed by atoms with E-state index in [1.807, 2.05) is 0 Å². The number of nitrogens with zero attached hydrogens (tertiary/aromatic N) is 1. The van der Waals surface area contributed by atoms with E-state index in [9.17, 15) is 14.3 Å². The summed E-state index contributed by atoms with van der Waals surface area (Å²) in [6, 6.07) is 3.76. The molecule has 1 aliphatic rings. The third-order valence-electron chi connectivity index (χ3n) is 3.03. The number of benzene rings is 1. The molecule has 1 aromatic heterocycles. The van der Waals surface area contributed by atoms with Gasteiger partial charge in [0.1, 0.15) is 17.1 Å². The Morgan fingerprint density at radius 1 is 1.42 bits per heavy atom. The van der Waals surface area contributed by atoms with E-state index in [2.05, 4.69) is 10.3 Å². The Morgan fingerprint density at radius 2 is 2.26 bits per heavy atom. The minimum Gasteiger partial charge on any atom is -0.507 e. The van der Waals surface area contributed by atoms with Crippen molar-refractivity contribution in [3.63, 3.8) is 0 Å². The van der Waals surface area contributed by atoms with Crippen LogP contribution in [0.3, 0.4) is 0 Å². The Morgan fingerprint density at radius 3 is 3.00 bits per heavy atom. The number of aromatic nitrogens is 1. The largest absolute Gasteiger partial charge is 0.507 e. The number of carbonyl (C=O) groups is 1. The van der Waals surface area contributed by atoms with Gasteiger partial charge in [-0.3, -0.25) is 10.1 Å². The van der Waals surface area contributed by atoms with E-state index in [0.29, 0.717) is 5.13 Å². The topological polar surface area (TPSA) is 62.2 Å². The average molecular weight is 278 g/mol. The van der Waals surface area contributed by atoms with Crippen LogP contribution in [0.2, 0.25) is 0 Å². The van der Waals surface area contributed by atoms with Gasteiger partial charge in [-0.2, -0.15) is 0 Å². The molecule has 3 rings (SSSR count). The molecular weight excluding hydrogens is 267 g/mol. The van der Waals surface area contributed by atoms with Crippen LogP contribution in [0.25, 0.3) is 0 Å². The highest BCUT2D eigenvalue weighted by molar-refractivity contribution is 7.16. The molecule has 0 unspecified atom stereocenters. The third kappa shape index (κ3) is 2.19. The number of halogens is 1. The Balaban J connectivity index is 1.84. The summed E-state index contributed by atoms with van der Waals surface area (Å²) in [5.74, 6) is -1.80. The van der Waals surface area contributed by atoms with Gasteiger partial charge >= 0.3 is 0 Å². The zero-order chi connectivity index (χ0) is 13.4. The van der Waals surface area contributed by atoms with Crippen molar-refractivity contribution < 1.29 is 14.3 Å². The van der Waals surface area contributed by atoms with Crippen molar-refractivity contribution in [2.45, 2.75) is 19.3 Å². The van der Waals surface area contributed by atoms with Crippen LogP contribution >= 0.6 is 11.3 Å². The number of anilines is 1. The lowest BCUT2D eigenvalue weighted by atomic mass is 10.2. The maximum atomic E-state index is 13.5. The van der Waals surface area contributed by atoms with Gasteiger partial charge in [0.05, 0.1) is 5.69 Å². The van der Waals surface area contributed by atoms with Gasteiger partial charge in [0.25, 0.3) is 5.91 Å². The zero-order valence-corrected chi connectivity index (χ0v) is 10.8. The van der Waals surface area contributed by atoms with Gasteiger partial charge in [0, 0.05) is 4.88 Å². The van der Waals surface area contributed by atoms with Crippen molar-refractivity contribution in [1.82, 2.24) is 4.98 Å². The van der Waals surface area contributed by atoms with E-state index in [-0.39, 0.29) is 11.3 Å². The molecule has 1 aromatic carbocycles. The van der Waals surface area contributed by atoms with Crippen molar-refractivity contribution in [1.29, 1.82) is 0 Å². The van der Waals surface area contributed by atoms with E-state index >= 15 is 0 Å². The number of aromatic hydroxyl groups is 1. The fraction of sp³-hybridized carbons (Fsp3) is 0.231. The number of phenolic OH excluding ortho intramolecular Hbond substituents is 1. The molecule has 0 radical (unpaired) electrons. The smallest absolute Gasteiger partial charge is 0.264 e. The summed E-state index contributed by atoms with van der Waals surface area (Å²) in [4.78, 5) is 17.4. The van der Waals surface area contributed by atoms with E-state index < -0.39 is 11.7 Å². The first-order valence-corrected chi connectivity index (χ1v) is 6.74. The van der Waals surface area contributed by atoms with Crippen LogP contribution in [0.5, 0.6) is 5.75 Å². The Bertz CT molecular complexity index is 612. The van der Waals surface area contributed by atoms with Crippen molar-refractivity contribution in [3.05, 3.63) is 40.2 Å². The van der Waals surface area contributed by atoms with E-state index in [1.54, 1.807) is 0 Å². The Hall–Kier alpha value is -1.95. The molecule has 0 spiro atoms. The van der Waals surface area contributed by atoms with Gasteiger partial charge in [-0.05, 0) is 31.4 Å². The number of fused-ring (bicyclic) bond motifs is 1. The quantitative estimate of drug-likeness (QED) is 0.888. The molecule has 1 amide bonds. The minimum atomic E-state index is -0.749. The monoisotopic (exact) mass is 278 g/mol. The molecule has 19 heavy (non-hydrogen) atoms. The molecule has 6 heteroatoms. The normalized spacial score (nSPS) is 13.3. The van der Waals surface area contributed by atoms with Crippen LogP contribution < -0.4 is 5.32 Å². The van der Waals surface area contributed by atoms with Crippen molar-refractivity contribution >= 4 is 22.4 Å². The second-order valence-corrected chi connectivity index (χ2v) is 5.41. The SMILES string of the molecule is O=C(Nc1nc2c(s1)CCC2)c1c(O)cccc1F. The van der Waals surface area contributed by atoms with E-state index in [1.165, 1.54) is 28.3 Å². The first-order valence-electron chi connectivity index (χ1n) is 5.92. The maximum Gasteiger partial charge on any atom is 0.264 e. The number of thiazole rings is 1. The second-order valence-electron chi connectivity index (χ2n) is 4.33. The number of carbonyl (C=O) groups excluding carboxylic acids is 1. The molecule has 0 fully saturated rings. The van der Waals surface area contributed by atoms with Crippen LogP contribution in [0, 0.1) is 5.82 Å². The molecule has 1 heterocycles. The van der Waals surface area contributed by atoms with Gasteiger partial charge in [0.2, 0.25) is 0 Å². The standard InChI is InChI=1S/C13H11FN2O2S/c14-7-3-1-5-9(17)11(7)12(18)16-13-15-8-4-2-6-10(8)19-13/h1,3,5,17H,2,4,6H2,(H,15,16,18). The molecule has 0 bridgehead atoms. The van der Waals surface area contributed by atoms with Crippen LogP contribution in [-0.4, -0.2) is 16.0 Å². The van der Waals surface area contributed by atoms with E-state index in [4.69, 9.17) is 0 Å². The second kappa shape index (κ2) is 4.62. The fourth-order valence-corrected chi connectivity index (χ4v) is 3.19. The molecule has 0 saturated carbocycles. The molecule has 0 atom stereocenters. The maximum absolute atomic E-state index is 13.5. The minimum absolute atomic E-state index is 0.349. The summed E-state index contributed by atoms with van der Waals surface area (Å²) in [6.45, 7) is 0. The van der Waals surface area contributed by atoms with Gasteiger partial charge in [0.15, 0.2) is 5.13 Å². The molecule has 98 valence electrons. The molecule has 0 aliphatic heterocycles. The van der Waals surface area contributed by atoms with Crippen molar-refractivity contribution in [2.24, 2.45) is 0 Å². The van der Waals surface area contributed by atoms with Crippen LogP contribution in [0.15, 0.2) is 18.2 Å². The number of aryl methyl sites for hydroxylation is 2. The zero-order valence-electron chi connectivity index (χ0n) is 9.94. The number of hydrogen-bond donors (Lipinski definition) is 2. The van der Waals surface area contributed by atoms with Gasteiger partial charge in [-0.15, -0.1) is 11.3 Å². The first kappa shape index (κ1) is 12.1. The molecule has 1 aliphatic carbocycles. The Kier molecular flexibility index (Phi) is 2.94. The Labute approximate surface area is 112 Å². The fourth-order valence-electron chi connectivity index (χ4n) is 2.14. The first-order chi connectivity index (χ1) is 9.15. The van der Waals surface area contributed by atoms with Gasteiger partial charge in [-0.25, -0.2) is 9.37 Å². The number of amides is 1. The summed E-state index contributed by atoms with van der Waals surface area (Å²) < 4.78 is 13.5. The third-order valence-corrected chi connectivity index (χ3v) is 4.11. The summed E-state index contributed by atoms with van der Waals surface area (Å²) in [5.41, 5.74) is 0.663. The van der Waals surface area contributed by atoms with Gasteiger partial charge < -0.3 is 5.11 Å². The lowest BCUT2D eigenvalue weighted by Gasteiger charge is -2.05. The summed E-state index contributed by atoms with van der Waals surface area (Å²) >= 11 is 1.41.